The molecule has 1 unspecified atom stereocenters. The number of rotatable bonds is 3. The zero-order valence-corrected chi connectivity index (χ0v) is 10.9. The summed E-state index contributed by atoms with van der Waals surface area (Å²) in [6.45, 7) is 6.71. The Morgan fingerprint density at radius 3 is 2.89 bits per heavy atom. The Balaban J connectivity index is 1.74. The number of nitrogens with one attached hydrogen (secondary N) is 3. The standard InChI is InChI=1S/C12H22N4O2/c1-2-14-11(18)15-10(17)7-16-6-4-12(9-16)3-5-13-8-12/h13H,2-9H2,1H3,(H2,14,15,17,18). The summed E-state index contributed by atoms with van der Waals surface area (Å²) in [5.74, 6) is -0.219. The first-order valence-electron chi connectivity index (χ1n) is 6.64. The van der Waals surface area contributed by atoms with Crippen molar-refractivity contribution in [3.05, 3.63) is 0 Å². The highest BCUT2D eigenvalue weighted by atomic mass is 16.2. The third-order valence-corrected chi connectivity index (χ3v) is 3.81. The fraction of sp³-hybridized carbons (Fsp3) is 0.833. The molecule has 2 fully saturated rings. The van der Waals surface area contributed by atoms with Gasteiger partial charge < -0.3 is 10.6 Å². The molecule has 0 saturated carbocycles. The molecule has 18 heavy (non-hydrogen) atoms. The van der Waals surface area contributed by atoms with Crippen LogP contribution < -0.4 is 16.0 Å². The zero-order chi connectivity index (χ0) is 13.0. The van der Waals surface area contributed by atoms with Crippen LogP contribution in [0, 0.1) is 5.41 Å². The van der Waals surface area contributed by atoms with Gasteiger partial charge in [0.25, 0.3) is 0 Å². The maximum atomic E-state index is 11.7. The summed E-state index contributed by atoms with van der Waals surface area (Å²) >= 11 is 0. The van der Waals surface area contributed by atoms with Crippen molar-refractivity contribution in [1.82, 2.24) is 20.9 Å². The minimum atomic E-state index is -0.404. The van der Waals surface area contributed by atoms with E-state index in [0.717, 1.165) is 32.6 Å². The molecule has 0 aromatic heterocycles. The summed E-state index contributed by atoms with van der Waals surface area (Å²) in [4.78, 5) is 25.0. The van der Waals surface area contributed by atoms with Crippen LogP contribution in [0.4, 0.5) is 4.79 Å². The van der Waals surface area contributed by atoms with Crippen molar-refractivity contribution in [3.8, 4) is 0 Å². The number of urea groups is 1. The van der Waals surface area contributed by atoms with Crippen LogP contribution >= 0.6 is 0 Å². The zero-order valence-electron chi connectivity index (χ0n) is 10.9. The van der Waals surface area contributed by atoms with Crippen molar-refractivity contribution in [2.75, 3.05) is 39.3 Å². The van der Waals surface area contributed by atoms with Gasteiger partial charge in [-0.3, -0.25) is 15.0 Å². The predicted molar refractivity (Wildman–Crippen MR) is 68.2 cm³/mol. The summed E-state index contributed by atoms with van der Waals surface area (Å²) < 4.78 is 0. The molecule has 1 atom stereocenters. The molecule has 0 radical (unpaired) electrons. The van der Waals surface area contributed by atoms with Gasteiger partial charge in [-0.25, -0.2) is 4.79 Å². The summed E-state index contributed by atoms with van der Waals surface area (Å²) in [5.41, 5.74) is 0.367. The van der Waals surface area contributed by atoms with E-state index < -0.39 is 6.03 Å². The van der Waals surface area contributed by atoms with E-state index in [9.17, 15) is 9.59 Å². The summed E-state index contributed by atoms with van der Waals surface area (Å²) in [6, 6.07) is -0.404. The molecule has 3 amide bonds. The minimum absolute atomic E-state index is 0.219. The van der Waals surface area contributed by atoms with Crippen LogP contribution in [0.5, 0.6) is 0 Å². The van der Waals surface area contributed by atoms with Gasteiger partial charge in [-0.1, -0.05) is 0 Å². The molecule has 102 valence electrons. The second-order valence-corrected chi connectivity index (χ2v) is 5.30. The third kappa shape index (κ3) is 3.20. The Bertz CT molecular complexity index is 326. The van der Waals surface area contributed by atoms with Crippen LogP contribution in [-0.4, -0.2) is 56.1 Å². The molecule has 0 aromatic rings. The highest BCUT2D eigenvalue weighted by Crippen LogP contribution is 2.35. The molecule has 2 aliphatic rings. The van der Waals surface area contributed by atoms with E-state index in [-0.39, 0.29) is 5.91 Å². The fourth-order valence-electron chi connectivity index (χ4n) is 2.88. The van der Waals surface area contributed by atoms with Crippen molar-refractivity contribution < 1.29 is 9.59 Å². The molecule has 6 heteroatoms. The molecule has 2 aliphatic heterocycles. The van der Waals surface area contributed by atoms with E-state index in [1.165, 1.54) is 6.42 Å². The first-order chi connectivity index (χ1) is 8.63. The lowest BCUT2D eigenvalue weighted by Crippen LogP contribution is -2.44. The summed E-state index contributed by atoms with van der Waals surface area (Å²) in [6.07, 6.45) is 2.34. The maximum absolute atomic E-state index is 11.7. The van der Waals surface area contributed by atoms with Gasteiger partial charge in [0.15, 0.2) is 0 Å². The van der Waals surface area contributed by atoms with Gasteiger partial charge in [-0.2, -0.15) is 0 Å². The average Bonchev–Trinajstić information content (AvgIpc) is 2.90. The normalized spacial score (nSPS) is 27.6. The van der Waals surface area contributed by atoms with Crippen LogP contribution in [0.2, 0.25) is 0 Å². The van der Waals surface area contributed by atoms with E-state index in [4.69, 9.17) is 0 Å². The number of carbonyl (C=O) groups excluding carboxylic acids is 2. The molecule has 2 heterocycles. The van der Waals surface area contributed by atoms with Crippen molar-refractivity contribution in [2.45, 2.75) is 19.8 Å². The van der Waals surface area contributed by atoms with Gasteiger partial charge in [-0.05, 0) is 38.3 Å². The van der Waals surface area contributed by atoms with Gasteiger partial charge in [0.2, 0.25) is 5.91 Å². The van der Waals surface area contributed by atoms with E-state index in [1.807, 2.05) is 6.92 Å². The van der Waals surface area contributed by atoms with Crippen LogP contribution in [0.15, 0.2) is 0 Å². The molecule has 2 saturated heterocycles. The molecular formula is C12H22N4O2. The smallest absolute Gasteiger partial charge is 0.321 e. The summed E-state index contributed by atoms with van der Waals surface area (Å²) in [7, 11) is 0. The van der Waals surface area contributed by atoms with Crippen LogP contribution in [0.25, 0.3) is 0 Å². The highest BCUT2D eigenvalue weighted by molar-refractivity contribution is 5.95. The molecule has 0 bridgehead atoms. The lowest BCUT2D eigenvalue weighted by Gasteiger charge is -2.22. The Kier molecular flexibility index (Phi) is 4.19. The molecule has 2 rings (SSSR count). The molecule has 3 N–H and O–H groups in total. The quantitative estimate of drug-likeness (QED) is 0.636. The van der Waals surface area contributed by atoms with E-state index in [1.54, 1.807) is 0 Å². The van der Waals surface area contributed by atoms with Crippen molar-refractivity contribution in [1.29, 1.82) is 0 Å². The lowest BCUT2D eigenvalue weighted by atomic mass is 9.87. The summed E-state index contributed by atoms with van der Waals surface area (Å²) in [5, 5.41) is 8.28. The molecule has 0 aromatic carbocycles. The molecular weight excluding hydrogens is 232 g/mol. The van der Waals surface area contributed by atoms with E-state index in [2.05, 4.69) is 20.9 Å². The largest absolute Gasteiger partial charge is 0.338 e. The van der Waals surface area contributed by atoms with Gasteiger partial charge in [-0.15, -0.1) is 0 Å². The van der Waals surface area contributed by atoms with E-state index >= 15 is 0 Å². The van der Waals surface area contributed by atoms with Crippen molar-refractivity contribution in [3.63, 3.8) is 0 Å². The Morgan fingerprint density at radius 2 is 2.22 bits per heavy atom. The first kappa shape index (κ1) is 13.3. The number of likely N-dealkylation sites (tertiary alicyclic amines) is 1. The number of amides is 3. The highest BCUT2D eigenvalue weighted by Gasteiger charge is 2.40. The average molecular weight is 254 g/mol. The van der Waals surface area contributed by atoms with Crippen LogP contribution in [0.3, 0.4) is 0 Å². The Labute approximate surface area is 107 Å². The van der Waals surface area contributed by atoms with Crippen LogP contribution in [0.1, 0.15) is 19.8 Å². The number of hydrogen-bond donors (Lipinski definition) is 3. The SMILES string of the molecule is CCNC(=O)NC(=O)CN1CCC2(CCNC2)C1. The molecule has 1 spiro atoms. The maximum Gasteiger partial charge on any atom is 0.321 e. The van der Waals surface area contributed by atoms with Gasteiger partial charge in [0.1, 0.15) is 0 Å². The van der Waals surface area contributed by atoms with Gasteiger partial charge >= 0.3 is 6.03 Å². The van der Waals surface area contributed by atoms with E-state index in [0.29, 0.717) is 18.5 Å². The first-order valence-corrected chi connectivity index (χ1v) is 6.64. The monoisotopic (exact) mass is 254 g/mol. The second kappa shape index (κ2) is 5.67. The number of hydrogen-bond acceptors (Lipinski definition) is 4. The van der Waals surface area contributed by atoms with Gasteiger partial charge in [0, 0.05) is 19.6 Å². The molecule has 6 nitrogen and oxygen atoms in total. The van der Waals surface area contributed by atoms with Crippen molar-refractivity contribution >= 4 is 11.9 Å². The molecule has 0 aliphatic carbocycles. The number of imide groups is 1. The topological polar surface area (TPSA) is 73.5 Å². The lowest BCUT2D eigenvalue weighted by molar-refractivity contribution is -0.121. The predicted octanol–water partition coefficient (Wildman–Crippen LogP) is -0.482. The second-order valence-electron chi connectivity index (χ2n) is 5.30. The minimum Gasteiger partial charge on any atom is -0.338 e. The fourth-order valence-corrected chi connectivity index (χ4v) is 2.88. The van der Waals surface area contributed by atoms with Crippen molar-refractivity contribution in [2.24, 2.45) is 5.41 Å². The van der Waals surface area contributed by atoms with Crippen LogP contribution in [-0.2, 0) is 4.79 Å². The number of carbonyl (C=O) groups is 2. The Hall–Kier alpha value is -1.14. The Morgan fingerprint density at radius 1 is 1.39 bits per heavy atom. The third-order valence-electron chi connectivity index (χ3n) is 3.81. The van der Waals surface area contributed by atoms with Gasteiger partial charge in [0.05, 0.1) is 6.54 Å². The number of nitrogens with zero attached hydrogens (tertiary/aromatic N) is 1.